The molecule has 8 heteroatoms. The van der Waals surface area contributed by atoms with E-state index in [1.54, 1.807) is 10.8 Å². The van der Waals surface area contributed by atoms with Crippen LogP contribution in [-0.2, 0) is 0 Å². The highest BCUT2D eigenvalue weighted by molar-refractivity contribution is 5.66. The predicted octanol–water partition coefficient (Wildman–Crippen LogP) is 2.96. The van der Waals surface area contributed by atoms with E-state index in [2.05, 4.69) is 20.6 Å². The molecule has 140 valence electrons. The third-order valence-electron chi connectivity index (χ3n) is 5.07. The average molecular weight is 367 g/mol. The number of anilines is 1. The van der Waals surface area contributed by atoms with Crippen LogP contribution in [-0.4, -0.2) is 38.8 Å². The highest BCUT2D eigenvalue weighted by Crippen LogP contribution is 2.36. The fourth-order valence-corrected chi connectivity index (χ4v) is 3.75. The van der Waals surface area contributed by atoms with E-state index < -0.39 is 0 Å². The molecule has 0 saturated heterocycles. The molecule has 0 spiro atoms. The van der Waals surface area contributed by atoms with Gasteiger partial charge in [0.25, 0.3) is 0 Å². The molecule has 0 unspecified atom stereocenters. The van der Waals surface area contributed by atoms with Gasteiger partial charge in [-0.2, -0.15) is 9.61 Å². The minimum absolute atomic E-state index is 0.218. The molecule has 0 radical (unpaired) electrons. The fourth-order valence-electron chi connectivity index (χ4n) is 3.75. The molecule has 0 bridgehead atoms. The number of aromatic nitrogens is 4. The molecule has 0 amide bonds. The van der Waals surface area contributed by atoms with Gasteiger partial charge in [-0.05, 0) is 50.8 Å². The van der Waals surface area contributed by atoms with Gasteiger partial charge in [0.2, 0.25) is 12.4 Å². The van der Waals surface area contributed by atoms with Gasteiger partial charge in [-0.1, -0.05) is 0 Å². The van der Waals surface area contributed by atoms with Gasteiger partial charge in [-0.25, -0.2) is 0 Å². The van der Waals surface area contributed by atoms with Gasteiger partial charge < -0.3 is 19.5 Å². The second-order valence-corrected chi connectivity index (χ2v) is 7.05. The Labute approximate surface area is 156 Å². The maximum absolute atomic E-state index is 6.16. The molecular formula is C19H21N5O3. The van der Waals surface area contributed by atoms with Crippen molar-refractivity contribution < 1.29 is 14.2 Å². The van der Waals surface area contributed by atoms with Gasteiger partial charge in [-0.3, -0.25) is 0 Å². The van der Waals surface area contributed by atoms with Crippen molar-refractivity contribution in [1.82, 2.24) is 19.8 Å². The Bertz CT molecular complexity index is 965. The van der Waals surface area contributed by atoms with Gasteiger partial charge in [0, 0.05) is 12.1 Å². The van der Waals surface area contributed by atoms with Crippen molar-refractivity contribution >= 4 is 11.3 Å². The van der Waals surface area contributed by atoms with Crippen molar-refractivity contribution in [3.05, 3.63) is 36.3 Å². The van der Waals surface area contributed by atoms with Crippen molar-refractivity contribution in [3.8, 4) is 17.2 Å². The van der Waals surface area contributed by atoms with E-state index in [0.717, 1.165) is 60.0 Å². The van der Waals surface area contributed by atoms with Gasteiger partial charge in [-0.15, -0.1) is 10.2 Å². The SMILES string of the molecule is Cc1cc(NC2CCC(Oc3ccc4c(c3)OCO4)CC2)c2nncn2n1. The Hall–Kier alpha value is -3.03. The van der Waals surface area contributed by atoms with Gasteiger partial charge in [0.05, 0.1) is 17.5 Å². The number of hydrogen-bond acceptors (Lipinski definition) is 7. The van der Waals surface area contributed by atoms with E-state index in [9.17, 15) is 0 Å². The minimum Gasteiger partial charge on any atom is -0.490 e. The van der Waals surface area contributed by atoms with E-state index in [4.69, 9.17) is 14.2 Å². The summed E-state index contributed by atoms with van der Waals surface area (Å²) >= 11 is 0. The Morgan fingerprint density at radius 3 is 2.85 bits per heavy atom. The molecule has 1 fully saturated rings. The monoisotopic (exact) mass is 367 g/mol. The Balaban J connectivity index is 1.21. The molecule has 1 aliphatic carbocycles. The van der Waals surface area contributed by atoms with Crippen LogP contribution in [0, 0.1) is 6.92 Å². The number of hydrogen-bond donors (Lipinski definition) is 1. The van der Waals surface area contributed by atoms with E-state index >= 15 is 0 Å². The summed E-state index contributed by atoms with van der Waals surface area (Å²) in [6.07, 6.45) is 5.92. The first-order valence-corrected chi connectivity index (χ1v) is 9.25. The highest BCUT2D eigenvalue weighted by atomic mass is 16.7. The second kappa shape index (κ2) is 6.61. The maximum Gasteiger partial charge on any atom is 0.231 e. The highest BCUT2D eigenvalue weighted by Gasteiger charge is 2.24. The van der Waals surface area contributed by atoms with Crippen LogP contribution in [0.15, 0.2) is 30.6 Å². The number of fused-ring (bicyclic) bond motifs is 2. The zero-order valence-corrected chi connectivity index (χ0v) is 15.1. The largest absolute Gasteiger partial charge is 0.490 e. The first kappa shape index (κ1) is 16.2. The Morgan fingerprint density at radius 1 is 1.11 bits per heavy atom. The fraction of sp³-hybridized carbons (Fsp3) is 0.421. The standard InChI is InChI=1S/C19H21N5O3/c1-12-8-16(19-22-20-10-24(19)23-12)21-13-2-4-14(5-3-13)27-15-6-7-17-18(9-15)26-11-25-17/h6-10,13-14,21H,2-5,11H2,1H3. The molecule has 1 aromatic carbocycles. The summed E-state index contributed by atoms with van der Waals surface area (Å²) in [7, 11) is 0. The molecule has 8 nitrogen and oxygen atoms in total. The summed E-state index contributed by atoms with van der Waals surface area (Å²) in [4.78, 5) is 0. The number of nitrogens with zero attached hydrogens (tertiary/aromatic N) is 4. The third-order valence-corrected chi connectivity index (χ3v) is 5.07. The summed E-state index contributed by atoms with van der Waals surface area (Å²) < 4.78 is 18.6. The van der Waals surface area contributed by atoms with Gasteiger partial charge in [0.1, 0.15) is 12.1 Å². The summed E-state index contributed by atoms with van der Waals surface area (Å²) in [6.45, 7) is 2.25. The second-order valence-electron chi connectivity index (χ2n) is 7.05. The van der Waals surface area contributed by atoms with Crippen LogP contribution in [0.4, 0.5) is 5.69 Å². The lowest BCUT2D eigenvalue weighted by atomic mass is 9.92. The zero-order valence-electron chi connectivity index (χ0n) is 15.1. The van der Waals surface area contributed by atoms with E-state index in [-0.39, 0.29) is 12.9 Å². The molecule has 1 aliphatic heterocycles. The number of benzene rings is 1. The molecule has 27 heavy (non-hydrogen) atoms. The molecule has 3 heterocycles. The molecular weight excluding hydrogens is 346 g/mol. The Morgan fingerprint density at radius 2 is 1.96 bits per heavy atom. The molecule has 1 saturated carbocycles. The Kier molecular flexibility index (Phi) is 3.95. The normalized spacial score (nSPS) is 21.4. The van der Waals surface area contributed by atoms with Crippen molar-refractivity contribution in [3.63, 3.8) is 0 Å². The first-order valence-electron chi connectivity index (χ1n) is 9.25. The summed E-state index contributed by atoms with van der Waals surface area (Å²) in [6, 6.07) is 8.18. The van der Waals surface area contributed by atoms with Crippen LogP contribution in [0.5, 0.6) is 17.2 Å². The van der Waals surface area contributed by atoms with Crippen LogP contribution < -0.4 is 19.5 Å². The lowest BCUT2D eigenvalue weighted by molar-refractivity contribution is 0.149. The summed E-state index contributed by atoms with van der Waals surface area (Å²) in [5.41, 5.74) is 2.68. The lowest BCUT2D eigenvalue weighted by Crippen LogP contribution is -2.31. The van der Waals surface area contributed by atoms with E-state index in [1.807, 2.05) is 31.2 Å². The lowest BCUT2D eigenvalue weighted by Gasteiger charge is -2.30. The minimum atomic E-state index is 0.218. The molecule has 0 atom stereocenters. The predicted molar refractivity (Wildman–Crippen MR) is 98.4 cm³/mol. The number of rotatable bonds is 4. The molecule has 2 aromatic heterocycles. The van der Waals surface area contributed by atoms with Crippen molar-refractivity contribution in [2.45, 2.75) is 44.8 Å². The van der Waals surface area contributed by atoms with Crippen LogP contribution >= 0.6 is 0 Å². The van der Waals surface area contributed by atoms with Crippen molar-refractivity contribution in [2.24, 2.45) is 0 Å². The van der Waals surface area contributed by atoms with Gasteiger partial charge in [0.15, 0.2) is 11.5 Å². The quantitative estimate of drug-likeness (QED) is 0.759. The number of ether oxygens (including phenoxy) is 3. The zero-order chi connectivity index (χ0) is 18.2. The third kappa shape index (κ3) is 3.22. The number of aryl methyl sites for hydroxylation is 1. The van der Waals surface area contributed by atoms with Crippen LogP contribution in [0.25, 0.3) is 5.65 Å². The van der Waals surface area contributed by atoms with Crippen LogP contribution in [0.2, 0.25) is 0 Å². The van der Waals surface area contributed by atoms with Crippen LogP contribution in [0.3, 0.4) is 0 Å². The van der Waals surface area contributed by atoms with E-state index in [1.165, 1.54) is 0 Å². The van der Waals surface area contributed by atoms with Crippen molar-refractivity contribution in [2.75, 3.05) is 12.1 Å². The average Bonchev–Trinajstić information content (AvgIpc) is 3.32. The molecule has 1 N–H and O–H groups in total. The van der Waals surface area contributed by atoms with E-state index in [0.29, 0.717) is 6.04 Å². The molecule has 2 aliphatic rings. The number of nitrogens with one attached hydrogen (secondary N) is 1. The maximum atomic E-state index is 6.16. The molecule has 3 aromatic rings. The smallest absolute Gasteiger partial charge is 0.231 e. The summed E-state index contributed by atoms with van der Waals surface area (Å²) in [5, 5.41) is 16.1. The topological polar surface area (TPSA) is 82.8 Å². The van der Waals surface area contributed by atoms with Crippen molar-refractivity contribution in [1.29, 1.82) is 0 Å². The van der Waals surface area contributed by atoms with Gasteiger partial charge >= 0.3 is 0 Å². The first-order chi connectivity index (χ1) is 13.2. The summed E-state index contributed by atoms with van der Waals surface area (Å²) in [5.74, 6) is 2.38. The van der Waals surface area contributed by atoms with Crippen LogP contribution in [0.1, 0.15) is 31.4 Å². The molecule has 5 rings (SSSR count).